The Morgan fingerprint density at radius 2 is 2.00 bits per heavy atom. The molecule has 1 heterocycles. The van der Waals surface area contributed by atoms with Gasteiger partial charge < -0.3 is 14.2 Å². The minimum Gasteiger partial charge on any atom is -0.464 e. The van der Waals surface area contributed by atoms with Gasteiger partial charge in [-0.2, -0.15) is 0 Å². The summed E-state index contributed by atoms with van der Waals surface area (Å²) in [4.78, 5) is 26.8. The van der Waals surface area contributed by atoms with Crippen LogP contribution in [0.1, 0.15) is 44.4 Å². The third-order valence-corrected chi connectivity index (χ3v) is 3.81. The molecule has 0 fully saturated rings. The lowest BCUT2D eigenvalue weighted by Gasteiger charge is -2.22. The fourth-order valence-electron chi connectivity index (χ4n) is 2.54. The predicted octanol–water partition coefficient (Wildman–Crippen LogP) is 2.41. The maximum atomic E-state index is 12.4. The number of hydrogen-bond donors (Lipinski definition) is 0. The van der Waals surface area contributed by atoms with Gasteiger partial charge in [-0.25, -0.2) is 4.79 Å². The summed E-state index contributed by atoms with van der Waals surface area (Å²) in [6, 6.07) is 1.07. The molecule has 0 aliphatic carbocycles. The van der Waals surface area contributed by atoms with Crippen LogP contribution in [0.2, 0.25) is 0 Å². The van der Waals surface area contributed by atoms with Crippen LogP contribution in [-0.2, 0) is 16.0 Å². The number of rotatable bonds is 8. The average molecular weight is 322 g/mol. The molecular formula is C18H30N2O3. The first-order valence-electron chi connectivity index (χ1n) is 8.29. The second kappa shape index (κ2) is 8.87. The molecule has 1 aromatic heterocycles. The normalized spacial score (nSPS) is 12.7. The summed E-state index contributed by atoms with van der Waals surface area (Å²) < 4.78 is 6.73. The van der Waals surface area contributed by atoms with Crippen molar-refractivity contribution in [3.8, 4) is 0 Å². The summed E-state index contributed by atoms with van der Waals surface area (Å²) in [7, 11) is 4.04. The zero-order chi connectivity index (χ0) is 17.6. The highest BCUT2D eigenvalue weighted by Gasteiger charge is 2.24. The maximum Gasteiger partial charge on any atom is 0.329 e. The number of nitrogens with zero attached hydrogens (tertiary/aromatic N) is 2. The van der Waals surface area contributed by atoms with Gasteiger partial charge >= 0.3 is 5.97 Å². The van der Waals surface area contributed by atoms with Gasteiger partial charge in [-0.1, -0.05) is 13.8 Å². The average Bonchev–Trinajstić information content (AvgIpc) is 2.44. The molecule has 0 aliphatic heterocycles. The van der Waals surface area contributed by atoms with E-state index in [-0.39, 0.29) is 11.5 Å². The number of aromatic nitrogens is 1. The third kappa shape index (κ3) is 5.82. The lowest BCUT2D eigenvalue weighted by atomic mass is 10.0. The van der Waals surface area contributed by atoms with E-state index < -0.39 is 6.04 Å². The molecule has 1 aromatic rings. The van der Waals surface area contributed by atoms with Crippen molar-refractivity contribution in [2.24, 2.45) is 5.92 Å². The lowest BCUT2D eigenvalue weighted by molar-refractivity contribution is -0.147. The van der Waals surface area contributed by atoms with Crippen molar-refractivity contribution in [2.45, 2.75) is 46.6 Å². The topological polar surface area (TPSA) is 51.5 Å². The molecule has 0 aliphatic rings. The number of carbonyl (C=O) groups is 1. The molecule has 5 nitrogen and oxygen atoms in total. The molecule has 23 heavy (non-hydrogen) atoms. The number of ether oxygens (including phenoxy) is 1. The Morgan fingerprint density at radius 1 is 1.35 bits per heavy atom. The van der Waals surface area contributed by atoms with Gasteiger partial charge in [0.25, 0.3) is 5.56 Å². The first-order chi connectivity index (χ1) is 10.8. The Morgan fingerprint density at radius 3 is 2.52 bits per heavy atom. The monoisotopic (exact) mass is 322 g/mol. The summed E-state index contributed by atoms with van der Waals surface area (Å²) in [6.07, 6.45) is 3.27. The molecule has 0 saturated heterocycles. The Kier molecular flexibility index (Phi) is 7.49. The summed E-state index contributed by atoms with van der Waals surface area (Å²) >= 11 is 0. The van der Waals surface area contributed by atoms with E-state index in [4.69, 9.17) is 4.74 Å². The van der Waals surface area contributed by atoms with Crippen LogP contribution in [0.15, 0.2) is 17.1 Å². The molecule has 5 heteroatoms. The Balaban J connectivity index is 3.21. The van der Waals surface area contributed by atoms with Crippen LogP contribution >= 0.6 is 0 Å². The minimum atomic E-state index is -0.554. The van der Waals surface area contributed by atoms with Gasteiger partial charge in [-0.05, 0) is 57.8 Å². The molecule has 1 unspecified atom stereocenters. The Labute approximate surface area is 139 Å². The van der Waals surface area contributed by atoms with Crippen molar-refractivity contribution in [3.63, 3.8) is 0 Å². The van der Waals surface area contributed by atoms with Crippen molar-refractivity contribution in [1.82, 2.24) is 9.47 Å². The van der Waals surface area contributed by atoms with Crippen LogP contribution in [0.5, 0.6) is 0 Å². The molecule has 0 spiro atoms. The first kappa shape index (κ1) is 19.4. The maximum absolute atomic E-state index is 12.4. The number of likely N-dealkylation sites (N-methyl/N-ethyl adjacent to an activating group) is 1. The molecule has 1 atom stereocenters. The standard InChI is InChI=1S/C18H30N2O3/c1-7-23-18(22)16(10-13(2)3)20-12-15(8-9-19(5)6)14(4)11-17(20)21/h11-13,16H,7-10H2,1-6H3. The molecule has 0 N–H and O–H groups in total. The van der Waals surface area contributed by atoms with Gasteiger partial charge in [-0.3, -0.25) is 4.79 Å². The zero-order valence-electron chi connectivity index (χ0n) is 15.3. The van der Waals surface area contributed by atoms with Crippen molar-refractivity contribution < 1.29 is 9.53 Å². The fraction of sp³-hybridized carbons (Fsp3) is 0.667. The minimum absolute atomic E-state index is 0.144. The van der Waals surface area contributed by atoms with Gasteiger partial charge in [0.15, 0.2) is 0 Å². The highest BCUT2D eigenvalue weighted by molar-refractivity contribution is 5.74. The molecule has 1 rings (SSSR count). The fourth-order valence-corrected chi connectivity index (χ4v) is 2.54. The number of carbonyl (C=O) groups excluding carboxylic acids is 1. The molecule has 130 valence electrons. The van der Waals surface area contributed by atoms with Crippen LogP contribution in [-0.4, -0.2) is 42.7 Å². The van der Waals surface area contributed by atoms with Crippen molar-refractivity contribution in [3.05, 3.63) is 33.7 Å². The number of pyridine rings is 1. The number of aryl methyl sites for hydroxylation is 1. The predicted molar refractivity (Wildman–Crippen MR) is 92.8 cm³/mol. The summed E-state index contributed by atoms with van der Waals surface area (Å²) in [5.41, 5.74) is 1.92. The van der Waals surface area contributed by atoms with E-state index in [1.807, 2.05) is 41.1 Å². The smallest absolute Gasteiger partial charge is 0.329 e. The van der Waals surface area contributed by atoms with E-state index in [0.29, 0.717) is 18.9 Å². The summed E-state index contributed by atoms with van der Waals surface area (Å²) in [5.74, 6) is -0.0338. The highest BCUT2D eigenvalue weighted by atomic mass is 16.5. The number of esters is 1. The van der Waals surface area contributed by atoms with Gasteiger partial charge in [0, 0.05) is 18.8 Å². The number of hydrogen-bond acceptors (Lipinski definition) is 4. The van der Waals surface area contributed by atoms with Gasteiger partial charge in [0.05, 0.1) is 6.61 Å². The third-order valence-electron chi connectivity index (χ3n) is 3.81. The first-order valence-corrected chi connectivity index (χ1v) is 8.29. The lowest BCUT2D eigenvalue weighted by Crippen LogP contribution is -2.32. The van der Waals surface area contributed by atoms with E-state index in [0.717, 1.165) is 24.1 Å². The Hall–Kier alpha value is -1.62. The molecule has 0 aromatic carbocycles. The van der Waals surface area contributed by atoms with Gasteiger partial charge in [0.1, 0.15) is 6.04 Å². The summed E-state index contributed by atoms with van der Waals surface area (Å²) in [6.45, 7) is 9.02. The van der Waals surface area contributed by atoms with Crippen LogP contribution in [0.4, 0.5) is 0 Å². The van der Waals surface area contributed by atoms with Crippen molar-refractivity contribution in [1.29, 1.82) is 0 Å². The Bertz CT molecular complexity index is 576. The summed E-state index contributed by atoms with van der Waals surface area (Å²) in [5, 5.41) is 0. The van der Waals surface area contributed by atoms with Crippen LogP contribution in [0, 0.1) is 12.8 Å². The van der Waals surface area contributed by atoms with E-state index >= 15 is 0 Å². The zero-order valence-corrected chi connectivity index (χ0v) is 15.3. The molecule has 0 bridgehead atoms. The quantitative estimate of drug-likeness (QED) is 0.690. The van der Waals surface area contributed by atoms with Gasteiger partial charge in [0.2, 0.25) is 0 Å². The molecule has 0 saturated carbocycles. The SMILES string of the molecule is CCOC(=O)C(CC(C)C)n1cc(CCN(C)C)c(C)cc1=O. The molecular weight excluding hydrogens is 292 g/mol. The van der Waals surface area contributed by atoms with Gasteiger partial charge in [-0.15, -0.1) is 0 Å². The molecule has 0 amide bonds. The van der Waals surface area contributed by atoms with Crippen LogP contribution < -0.4 is 5.56 Å². The van der Waals surface area contributed by atoms with E-state index in [2.05, 4.69) is 4.90 Å². The van der Waals surface area contributed by atoms with Crippen LogP contribution in [0.3, 0.4) is 0 Å². The second-order valence-corrected chi connectivity index (χ2v) is 6.68. The van der Waals surface area contributed by atoms with E-state index in [9.17, 15) is 9.59 Å². The van der Waals surface area contributed by atoms with Crippen LogP contribution in [0.25, 0.3) is 0 Å². The second-order valence-electron chi connectivity index (χ2n) is 6.68. The van der Waals surface area contributed by atoms with E-state index in [1.165, 1.54) is 0 Å². The van der Waals surface area contributed by atoms with E-state index in [1.54, 1.807) is 17.6 Å². The van der Waals surface area contributed by atoms with Crippen molar-refractivity contribution >= 4 is 5.97 Å². The van der Waals surface area contributed by atoms with Crippen molar-refractivity contribution in [2.75, 3.05) is 27.2 Å². The highest BCUT2D eigenvalue weighted by Crippen LogP contribution is 2.19. The largest absolute Gasteiger partial charge is 0.464 e. The molecule has 0 radical (unpaired) electrons.